The molecule has 0 saturated carbocycles. The van der Waals surface area contributed by atoms with Gasteiger partial charge in [-0.2, -0.15) is 8.78 Å². The molecule has 0 amide bonds. The molecule has 1 aliphatic rings. The highest BCUT2D eigenvalue weighted by atomic mass is 19.2. The molecule has 1 fully saturated rings. The Morgan fingerprint density at radius 2 is 1.64 bits per heavy atom. The second-order valence-electron chi connectivity index (χ2n) is 5.18. The highest BCUT2D eigenvalue weighted by molar-refractivity contribution is 5.35. The lowest BCUT2D eigenvalue weighted by Gasteiger charge is -2.29. The van der Waals surface area contributed by atoms with Crippen LogP contribution in [0.2, 0.25) is 0 Å². The quantitative estimate of drug-likeness (QED) is 0.771. The Morgan fingerprint density at radius 1 is 1.05 bits per heavy atom. The molecule has 22 heavy (non-hydrogen) atoms. The molecule has 0 aliphatic carbocycles. The number of benzene rings is 1. The fraction of sp³-hybridized carbons (Fsp3) is 0.625. The lowest BCUT2D eigenvalue weighted by Crippen LogP contribution is -2.35. The van der Waals surface area contributed by atoms with Gasteiger partial charge in [0, 0.05) is 5.92 Å². The van der Waals surface area contributed by atoms with Crippen LogP contribution >= 0.6 is 0 Å². The Hall–Kier alpha value is -1.40. The van der Waals surface area contributed by atoms with Gasteiger partial charge in [-0.3, -0.25) is 0 Å². The van der Waals surface area contributed by atoms with E-state index in [0.717, 1.165) is 12.8 Å². The van der Waals surface area contributed by atoms with E-state index in [-0.39, 0.29) is 24.7 Å². The fourth-order valence-electron chi connectivity index (χ4n) is 2.30. The first kappa shape index (κ1) is 17.0. The summed E-state index contributed by atoms with van der Waals surface area (Å²) in [4.78, 5) is 0. The molecule has 4 nitrogen and oxygen atoms in total. The molecule has 0 atom stereocenters. The molecule has 1 aromatic carbocycles. The topological polar surface area (TPSA) is 36.9 Å². The van der Waals surface area contributed by atoms with E-state index in [1.807, 2.05) is 0 Å². The molecular formula is C16H22F2O4. The van der Waals surface area contributed by atoms with E-state index >= 15 is 0 Å². The van der Waals surface area contributed by atoms with Crippen molar-refractivity contribution in [3.05, 3.63) is 23.8 Å². The number of rotatable bonds is 7. The summed E-state index contributed by atoms with van der Waals surface area (Å²) in [7, 11) is 0. The largest absolute Gasteiger partial charge is 0.491 e. The van der Waals surface area contributed by atoms with Crippen LogP contribution < -0.4 is 9.47 Å². The third kappa shape index (κ3) is 4.30. The summed E-state index contributed by atoms with van der Waals surface area (Å²) in [6.45, 7) is 5.29. The molecule has 1 aromatic rings. The van der Waals surface area contributed by atoms with E-state index in [1.54, 1.807) is 6.92 Å². The van der Waals surface area contributed by atoms with Crippen LogP contribution in [-0.2, 0) is 9.47 Å². The van der Waals surface area contributed by atoms with Gasteiger partial charge in [-0.15, -0.1) is 0 Å². The van der Waals surface area contributed by atoms with Crippen molar-refractivity contribution in [3.8, 4) is 11.5 Å². The van der Waals surface area contributed by atoms with Crippen molar-refractivity contribution in [2.45, 2.75) is 33.0 Å². The number of hydrogen-bond acceptors (Lipinski definition) is 4. The Morgan fingerprint density at radius 3 is 2.18 bits per heavy atom. The van der Waals surface area contributed by atoms with Gasteiger partial charge in [-0.05, 0) is 25.5 Å². The molecule has 1 heterocycles. The van der Waals surface area contributed by atoms with E-state index < -0.39 is 17.9 Å². The highest BCUT2D eigenvalue weighted by Crippen LogP contribution is 2.28. The van der Waals surface area contributed by atoms with Gasteiger partial charge in [-0.25, -0.2) is 0 Å². The lowest BCUT2D eigenvalue weighted by molar-refractivity contribution is -0.212. The number of halogens is 2. The summed E-state index contributed by atoms with van der Waals surface area (Å²) in [6.07, 6.45) is 1.57. The van der Waals surface area contributed by atoms with Crippen LogP contribution in [0, 0.1) is 17.6 Å². The average Bonchev–Trinajstić information content (AvgIpc) is 2.53. The number of ether oxygens (including phenoxy) is 4. The van der Waals surface area contributed by atoms with Crippen LogP contribution in [0.15, 0.2) is 12.1 Å². The normalized spacial score (nSPS) is 21.6. The van der Waals surface area contributed by atoms with Crippen molar-refractivity contribution in [1.82, 2.24) is 0 Å². The van der Waals surface area contributed by atoms with Crippen molar-refractivity contribution in [3.63, 3.8) is 0 Å². The smallest absolute Gasteiger partial charge is 0.204 e. The zero-order valence-electron chi connectivity index (χ0n) is 12.9. The minimum atomic E-state index is -1.06. The molecular weight excluding hydrogens is 294 g/mol. The van der Waals surface area contributed by atoms with Crippen molar-refractivity contribution >= 4 is 0 Å². The van der Waals surface area contributed by atoms with Crippen LogP contribution in [0.4, 0.5) is 8.78 Å². The minimum Gasteiger partial charge on any atom is -0.491 e. The third-order valence-electron chi connectivity index (χ3n) is 3.42. The van der Waals surface area contributed by atoms with E-state index in [1.165, 1.54) is 12.1 Å². The highest BCUT2D eigenvalue weighted by Gasteiger charge is 2.23. The molecule has 1 saturated heterocycles. The summed E-state index contributed by atoms with van der Waals surface area (Å²) in [5.74, 6) is -2.02. The summed E-state index contributed by atoms with van der Waals surface area (Å²) < 4.78 is 48.8. The third-order valence-corrected chi connectivity index (χ3v) is 3.42. The van der Waals surface area contributed by atoms with E-state index in [9.17, 15) is 8.78 Å². The van der Waals surface area contributed by atoms with Gasteiger partial charge >= 0.3 is 0 Å². The minimum absolute atomic E-state index is 0.0171. The monoisotopic (exact) mass is 316 g/mol. The maximum atomic E-state index is 13.8. The fourth-order valence-corrected chi connectivity index (χ4v) is 2.30. The van der Waals surface area contributed by atoms with Crippen molar-refractivity contribution in [2.24, 2.45) is 5.92 Å². The van der Waals surface area contributed by atoms with Gasteiger partial charge in [0.15, 0.2) is 17.8 Å². The van der Waals surface area contributed by atoms with Crippen LogP contribution in [0.3, 0.4) is 0 Å². The maximum absolute atomic E-state index is 13.8. The van der Waals surface area contributed by atoms with E-state index in [2.05, 4.69) is 6.92 Å². The summed E-state index contributed by atoms with van der Waals surface area (Å²) >= 11 is 0. The van der Waals surface area contributed by atoms with Crippen molar-refractivity contribution < 1.29 is 27.7 Å². The van der Waals surface area contributed by atoms with Crippen LogP contribution in [0.25, 0.3) is 0 Å². The van der Waals surface area contributed by atoms with Gasteiger partial charge in [-0.1, -0.05) is 13.3 Å². The molecule has 0 radical (unpaired) electrons. The standard InChI is InChI=1S/C16H22F2O4/c1-3-5-11-8-21-14(22-9-11)10-20-13-7-6-12(19-4-2)15(17)16(13)18/h6-7,11,14H,3-5,8-10H2,1-2H3. The molecule has 1 aliphatic heterocycles. The van der Waals surface area contributed by atoms with Crippen LogP contribution in [0.5, 0.6) is 11.5 Å². The predicted octanol–water partition coefficient (Wildman–Crippen LogP) is 3.53. The van der Waals surface area contributed by atoms with Gasteiger partial charge in [0.1, 0.15) is 6.61 Å². The molecule has 0 spiro atoms. The SMILES string of the molecule is CCCC1COC(COc2ccc(OCC)c(F)c2F)OC1. The molecule has 124 valence electrons. The summed E-state index contributed by atoms with van der Waals surface area (Å²) in [6, 6.07) is 2.68. The predicted molar refractivity (Wildman–Crippen MR) is 77.1 cm³/mol. The number of hydrogen-bond donors (Lipinski definition) is 0. The summed E-state index contributed by atoms with van der Waals surface area (Å²) in [5, 5.41) is 0. The molecule has 0 aromatic heterocycles. The second-order valence-corrected chi connectivity index (χ2v) is 5.18. The average molecular weight is 316 g/mol. The van der Waals surface area contributed by atoms with Crippen molar-refractivity contribution in [2.75, 3.05) is 26.4 Å². The zero-order chi connectivity index (χ0) is 15.9. The van der Waals surface area contributed by atoms with Crippen molar-refractivity contribution in [1.29, 1.82) is 0 Å². The van der Waals surface area contributed by atoms with Gasteiger partial charge < -0.3 is 18.9 Å². The zero-order valence-corrected chi connectivity index (χ0v) is 12.9. The molecule has 6 heteroatoms. The van der Waals surface area contributed by atoms with E-state index in [4.69, 9.17) is 18.9 Å². The second kappa shape index (κ2) is 8.29. The van der Waals surface area contributed by atoms with Crippen LogP contribution in [0.1, 0.15) is 26.7 Å². The Kier molecular flexibility index (Phi) is 6.39. The first-order chi connectivity index (χ1) is 10.7. The van der Waals surface area contributed by atoms with Gasteiger partial charge in [0.25, 0.3) is 0 Å². The Bertz CT molecular complexity index is 473. The van der Waals surface area contributed by atoms with Crippen LogP contribution in [-0.4, -0.2) is 32.7 Å². The molecule has 0 unspecified atom stereocenters. The van der Waals surface area contributed by atoms with Gasteiger partial charge in [0.05, 0.1) is 19.8 Å². The molecule has 0 N–H and O–H groups in total. The first-order valence-electron chi connectivity index (χ1n) is 7.62. The first-order valence-corrected chi connectivity index (χ1v) is 7.62. The summed E-state index contributed by atoms with van der Waals surface area (Å²) in [5.41, 5.74) is 0. The Balaban J connectivity index is 1.86. The maximum Gasteiger partial charge on any atom is 0.204 e. The molecule has 2 rings (SSSR count). The van der Waals surface area contributed by atoms with Gasteiger partial charge in [0.2, 0.25) is 11.6 Å². The molecule has 0 bridgehead atoms. The van der Waals surface area contributed by atoms with E-state index in [0.29, 0.717) is 19.1 Å². The Labute approximate surface area is 129 Å². The lowest BCUT2D eigenvalue weighted by atomic mass is 10.1.